The summed E-state index contributed by atoms with van der Waals surface area (Å²) < 4.78 is 0. The van der Waals surface area contributed by atoms with E-state index in [2.05, 4.69) is 38.8 Å². The molecule has 1 aliphatic heterocycles. The number of likely N-dealkylation sites (tertiary alicyclic amines) is 1. The number of aromatic nitrogens is 2. The fourth-order valence-corrected chi connectivity index (χ4v) is 3.50. The topological polar surface area (TPSA) is 32.3 Å². The normalized spacial score (nSPS) is 18.6. The highest BCUT2D eigenvalue weighted by molar-refractivity contribution is 5.11. The number of rotatable bonds is 7. The van der Waals surface area contributed by atoms with Crippen LogP contribution >= 0.6 is 0 Å². The van der Waals surface area contributed by atoms with Crippen LogP contribution in [0.15, 0.2) is 49.1 Å². The standard InChI is InChI=1S/C19H26N4/c1-2-23-11-5-8-19(23)16-22(14-17-6-3-9-20-12-17)15-18-7-4-10-21-13-18/h3-4,6-7,9-10,12-13,19H,2,5,8,11,14-16H2,1H3/t19-/m0/s1. The molecule has 0 aromatic carbocycles. The second-order valence-corrected chi connectivity index (χ2v) is 6.32. The summed E-state index contributed by atoms with van der Waals surface area (Å²) in [5.41, 5.74) is 2.55. The van der Waals surface area contributed by atoms with Gasteiger partial charge in [-0.15, -0.1) is 0 Å². The quantitative estimate of drug-likeness (QED) is 0.787. The first-order valence-corrected chi connectivity index (χ1v) is 8.59. The van der Waals surface area contributed by atoms with Crippen molar-refractivity contribution < 1.29 is 0 Å². The Labute approximate surface area is 139 Å². The van der Waals surface area contributed by atoms with Crippen molar-refractivity contribution in [1.29, 1.82) is 0 Å². The Kier molecular flexibility index (Phi) is 5.72. The second-order valence-electron chi connectivity index (χ2n) is 6.32. The predicted octanol–water partition coefficient (Wildman–Crippen LogP) is 2.96. The Morgan fingerprint density at radius 2 is 1.74 bits per heavy atom. The zero-order chi connectivity index (χ0) is 15.9. The molecule has 3 heterocycles. The highest BCUT2D eigenvalue weighted by atomic mass is 15.2. The maximum atomic E-state index is 4.26. The van der Waals surface area contributed by atoms with Crippen LogP contribution in [0.5, 0.6) is 0 Å². The molecule has 122 valence electrons. The lowest BCUT2D eigenvalue weighted by molar-refractivity contribution is 0.166. The maximum absolute atomic E-state index is 4.26. The van der Waals surface area contributed by atoms with Crippen LogP contribution in [-0.2, 0) is 13.1 Å². The van der Waals surface area contributed by atoms with E-state index >= 15 is 0 Å². The summed E-state index contributed by atoms with van der Waals surface area (Å²) in [5, 5.41) is 0. The Bertz CT molecular complexity index is 531. The van der Waals surface area contributed by atoms with Gasteiger partial charge in [0, 0.05) is 50.5 Å². The van der Waals surface area contributed by atoms with Gasteiger partial charge in [0.25, 0.3) is 0 Å². The molecule has 0 N–H and O–H groups in total. The molecule has 0 spiro atoms. The fraction of sp³-hybridized carbons (Fsp3) is 0.474. The molecule has 0 radical (unpaired) electrons. The van der Waals surface area contributed by atoms with Crippen LogP contribution in [0, 0.1) is 0 Å². The third kappa shape index (κ3) is 4.60. The minimum atomic E-state index is 0.674. The summed E-state index contributed by atoms with van der Waals surface area (Å²) in [5.74, 6) is 0. The number of nitrogens with zero attached hydrogens (tertiary/aromatic N) is 4. The SMILES string of the molecule is CCN1CCC[C@H]1CN(Cc1cccnc1)Cc1cccnc1. The summed E-state index contributed by atoms with van der Waals surface area (Å²) in [4.78, 5) is 13.7. The highest BCUT2D eigenvalue weighted by Crippen LogP contribution is 2.19. The van der Waals surface area contributed by atoms with Gasteiger partial charge in [0.15, 0.2) is 0 Å². The van der Waals surface area contributed by atoms with Gasteiger partial charge in [-0.2, -0.15) is 0 Å². The Morgan fingerprint density at radius 1 is 1.09 bits per heavy atom. The van der Waals surface area contributed by atoms with Crippen molar-refractivity contribution in [2.24, 2.45) is 0 Å². The monoisotopic (exact) mass is 310 g/mol. The van der Waals surface area contributed by atoms with Gasteiger partial charge in [-0.25, -0.2) is 0 Å². The Balaban J connectivity index is 1.70. The summed E-state index contributed by atoms with van der Waals surface area (Å²) in [6.07, 6.45) is 10.3. The molecule has 4 nitrogen and oxygen atoms in total. The van der Waals surface area contributed by atoms with Crippen molar-refractivity contribution in [2.75, 3.05) is 19.6 Å². The smallest absolute Gasteiger partial charge is 0.0312 e. The molecular weight excluding hydrogens is 284 g/mol. The van der Waals surface area contributed by atoms with E-state index in [0.717, 1.165) is 26.2 Å². The minimum Gasteiger partial charge on any atom is -0.299 e. The molecule has 0 aliphatic carbocycles. The van der Waals surface area contributed by atoms with Gasteiger partial charge in [-0.3, -0.25) is 19.8 Å². The molecule has 0 saturated carbocycles. The van der Waals surface area contributed by atoms with Crippen molar-refractivity contribution in [3.63, 3.8) is 0 Å². The lowest BCUT2D eigenvalue weighted by Crippen LogP contribution is -2.39. The summed E-state index contributed by atoms with van der Waals surface area (Å²) in [6.45, 7) is 7.66. The molecule has 1 saturated heterocycles. The van der Waals surface area contributed by atoms with Crippen LogP contribution in [-0.4, -0.2) is 45.4 Å². The van der Waals surface area contributed by atoms with E-state index in [9.17, 15) is 0 Å². The van der Waals surface area contributed by atoms with Crippen LogP contribution in [0.4, 0.5) is 0 Å². The van der Waals surface area contributed by atoms with Gasteiger partial charge in [-0.1, -0.05) is 19.1 Å². The van der Waals surface area contributed by atoms with E-state index in [1.165, 1.54) is 30.5 Å². The van der Waals surface area contributed by atoms with Crippen LogP contribution in [0.1, 0.15) is 30.9 Å². The predicted molar refractivity (Wildman–Crippen MR) is 92.9 cm³/mol. The Morgan fingerprint density at radius 3 is 2.26 bits per heavy atom. The second kappa shape index (κ2) is 8.18. The molecule has 1 atom stereocenters. The number of hydrogen-bond acceptors (Lipinski definition) is 4. The van der Waals surface area contributed by atoms with Crippen molar-refractivity contribution in [1.82, 2.24) is 19.8 Å². The molecule has 3 rings (SSSR count). The van der Waals surface area contributed by atoms with E-state index in [0.29, 0.717) is 6.04 Å². The summed E-state index contributed by atoms with van der Waals surface area (Å²) >= 11 is 0. The summed E-state index contributed by atoms with van der Waals surface area (Å²) in [6, 6.07) is 9.04. The van der Waals surface area contributed by atoms with Gasteiger partial charge >= 0.3 is 0 Å². The van der Waals surface area contributed by atoms with Crippen molar-refractivity contribution in [2.45, 2.75) is 38.9 Å². The minimum absolute atomic E-state index is 0.674. The molecule has 2 aromatic heterocycles. The first-order chi connectivity index (χ1) is 11.3. The van der Waals surface area contributed by atoms with Crippen molar-refractivity contribution >= 4 is 0 Å². The molecule has 1 fully saturated rings. The van der Waals surface area contributed by atoms with Gasteiger partial charge < -0.3 is 0 Å². The first-order valence-electron chi connectivity index (χ1n) is 8.59. The van der Waals surface area contributed by atoms with Crippen molar-refractivity contribution in [3.8, 4) is 0 Å². The zero-order valence-corrected chi connectivity index (χ0v) is 13.9. The van der Waals surface area contributed by atoms with E-state index in [1.54, 1.807) is 0 Å². The largest absolute Gasteiger partial charge is 0.299 e. The van der Waals surface area contributed by atoms with Crippen molar-refractivity contribution in [3.05, 3.63) is 60.2 Å². The van der Waals surface area contributed by atoms with Gasteiger partial charge in [0.1, 0.15) is 0 Å². The maximum Gasteiger partial charge on any atom is 0.0312 e. The highest BCUT2D eigenvalue weighted by Gasteiger charge is 2.25. The molecule has 1 aliphatic rings. The lowest BCUT2D eigenvalue weighted by atomic mass is 10.1. The van der Waals surface area contributed by atoms with Crippen LogP contribution < -0.4 is 0 Å². The molecule has 0 unspecified atom stereocenters. The molecule has 23 heavy (non-hydrogen) atoms. The van der Waals surface area contributed by atoms with Crippen LogP contribution in [0.3, 0.4) is 0 Å². The van der Waals surface area contributed by atoms with E-state index in [1.807, 2.05) is 36.9 Å². The molecule has 2 aromatic rings. The molecular formula is C19H26N4. The molecule has 0 amide bonds. The third-order valence-corrected chi connectivity index (χ3v) is 4.63. The average molecular weight is 310 g/mol. The molecule has 0 bridgehead atoms. The number of hydrogen-bond donors (Lipinski definition) is 0. The molecule has 4 heteroatoms. The van der Waals surface area contributed by atoms with Crippen LogP contribution in [0.2, 0.25) is 0 Å². The average Bonchev–Trinajstić information content (AvgIpc) is 3.04. The van der Waals surface area contributed by atoms with E-state index < -0.39 is 0 Å². The fourth-order valence-electron chi connectivity index (χ4n) is 3.50. The van der Waals surface area contributed by atoms with Gasteiger partial charge in [0.2, 0.25) is 0 Å². The van der Waals surface area contributed by atoms with Gasteiger partial charge in [0.05, 0.1) is 0 Å². The third-order valence-electron chi connectivity index (χ3n) is 4.63. The van der Waals surface area contributed by atoms with Gasteiger partial charge in [-0.05, 0) is 49.2 Å². The van der Waals surface area contributed by atoms with E-state index in [4.69, 9.17) is 0 Å². The van der Waals surface area contributed by atoms with E-state index in [-0.39, 0.29) is 0 Å². The van der Waals surface area contributed by atoms with Crippen LogP contribution in [0.25, 0.3) is 0 Å². The Hall–Kier alpha value is -1.78. The lowest BCUT2D eigenvalue weighted by Gasteiger charge is -2.30. The number of pyridine rings is 2. The zero-order valence-electron chi connectivity index (χ0n) is 13.9. The summed E-state index contributed by atoms with van der Waals surface area (Å²) in [7, 11) is 0. The first kappa shape index (κ1) is 16.1. The number of likely N-dealkylation sites (N-methyl/N-ethyl adjacent to an activating group) is 1.